The van der Waals surface area contributed by atoms with Crippen LogP contribution in [0.15, 0.2) is 47.8 Å². The molecular formula is C20H20F3N3O2S. The summed E-state index contributed by atoms with van der Waals surface area (Å²) in [6, 6.07) is 7.87. The normalized spacial score (nSPS) is 15.7. The van der Waals surface area contributed by atoms with Crippen LogP contribution >= 0.6 is 11.8 Å². The minimum atomic E-state index is -3.30. The Bertz CT molecular complexity index is 900. The van der Waals surface area contributed by atoms with Crippen molar-refractivity contribution in [3.05, 3.63) is 59.2 Å². The highest BCUT2D eigenvalue weighted by molar-refractivity contribution is 8.02. The first-order valence-electron chi connectivity index (χ1n) is 8.98. The van der Waals surface area contributed by atoms with Crippen molar-refractivity contribution in [1.29, 1.82) is 0 Å². The van der Waals surface area contributed by atoms with Crippen LogP contribution in [0.5, 0.6) is 11.6 Å². The Morgan fingerprint density at radius 3 is 2.62 bits per heavy atom. The van der Waals surface area contributed by atoms with Crippen LogP contribution in [-0.4, -0.2) is 28.2 Å². The molecule has 1 amide bonds. The molecule has 1 aliphatic carbocycles. The maximum absolute atomic E-state index is 13.7. The number of hydrogen-bond donors (Lipinski definition) is 1. The van der Waals surface area contributed by atoms with Gasteiger partial charge in [-0.3, -0.25) is 4.79 Å². The van der Waals surface area contributed by atoms with E-state index in [1.54, 1.807) is 36.6 Å². The fraction of sp³-hybridized carbons (Fsp3) is 0.350. The molecule has 2 aromatic rings. The molecule has 3 rings (SSSR count). The molecular weight excluding hydrogens is 403 g/mol. The second kappa shape index (κ2) is 8.86. The highest BCUT2D eigenvalue weighted by Crippen LogP contribution is 2.35. The van der Waals surface area contributed by atoms with Gasteiger partial charge >= 0.3 is 5.92 Å². The third-order valence-electron chi connectivity index (χ3n) is 4.28. The van der Waals surface area contributed by atoms with E-state index in [-0.39, 0.29) is 17.4 Å². The summed E-state index contributed by atoms with van der Waals surface area (Å²) < 4.78 is 46.7. The molecule has 9 heteroatoms. The zero-order valence-electron chi connectivity index (χ0n) is 15.9. The van der Waals surface area contributed by atoms with Gasteiger partial charge in [0.1, 0.15) is 11.3 Å². The lowest BCUT2D eigenvalue weighted by Gasteiger charge is -2.17. The number of halogens is 3. The summed E-state index contributed by atoms with van der Waals surface area (Å²) in [4.78, 5) is 20.2. The maximum Gasteiger partial charge on any atom is 0.303 e. The second-order valence-electron chi connectivity index (χ2n) is 6.73. The molecule has 1 unspecified atom stereocenters. The number of para-hydroxylation sites is 1. The summed E-state index contributed by atoms with van der Waals surface area (Å²) in [5.41, 5.74) is -0.106. The summed E-state index contributed by atoms with van der Waals surface area (Å²) in [7, 11) is 0. The Kier molecular flexibility index (Phi) is 6.46. The number of benzene rings is 1. The first-order valence-corrected chi connectivity index (χ1v) is 10.2. The van der Waals surface area contributed by atoms with Gasteiger partial charge in [-0.2, -0.15) is 18.2 Å². The maximum atomic E-state index is 13.7. The van der Waals surface area contributed by atoms with Crippen molar-refractivity contribution in [3.63, 3.8) is 0 Å². The number of nitrogens with one attached hydrogen (secondary N) is 1. The van der Waals surface area contributed by atoms with Gasteiger partial charge < -0.3 is 10.1 Å². The zero-order chi connectivity index (χ0) is 21.0. The quantitative estimate of drug-likeness (QED) is 0.643. The van der Waals surface area contributed by atoms with Gasteiger partial charge in [0, 0.05) is 13.1 Å². The van der Waals surface area contributed by atoms with Crippen LogP contribution in [-0.2, 0) is 5.92 Å². The topological polar surface area (TPSA) is 64.1 Å². The second-order valence-corrected chi connectivity index (χ2v) is 7.53. The average molecular weight is 423 g/mol. The molecule has 29 heavy (non-hydrogen) atoms. The van der Waals surface area contributed by atoms with Crippen LogP contribution < -0.4 is 10.1 Å². The number of alkyl halides is 2. The lowest BCUT2D eigenvalue weighted by atomic mass is 10.1. The molecule has 0 saturated heterocycles. The smallest absolute Gasteiger partial charge is 0.303 e. The molecule has 0 spiro atoms. The first kappa shape index (κ1) is 21.2. The van der Waals surface area contributed by atoms with E-state index in [2.05, 4.69) is 15.3 Å². The minimum absolute atomic E-state index is 0.106. The van der Waals surface area contributed by atoms with Crippen molar-refractivity contribution in [3.8, 4) is 11.6 Å². The number of carbonyl (C=O) groups excluding carboxylic acids is 1. The Morgan fingerprint density at radius 2 is 2.03 bits per heavy atom. The lowest BCUT2D eigenvalue weighted by molar-refractivity contribution is 0.00707. The van der Waals surface area contributed by atoms with E-state index in [1.807, 2.05) is 0 Å². The summed E-state index contributed by atoms with van der Waals surface area (Å²) in [6.07, 6.45) is 5.70. The number of thioether (sulfide) groups is 1. The minimum Gasteiger partial charge on any atom is -0.438 e. The number of hydrogen-bond acceptors (Lipinski definition) is 5. The standard InChI is InChI=1S/C20H20F3N3O2S/c1-20(22,23)19-24-11-14(18(26-19)28-13-6-4-3-5-7-13)17(27)25-15(12-8-9-12)10-16(21)29-2/h3-7,10-12,15H,8-9H2,1-2H3,(H,25,27)/b16-10+. The van der Waals surface area contributed by atoms with Crippen LogP contribution in [0, 0.1) is 5.92 Å². The van der Waals surface area contributed by atoms with E-state index in [1.165, 1.54) is 6.08 Å². The predicted octanol–water partition coefficient (Wildman–Crippen LogP) is 5.06. The zero-order valence-corrected chi connectivity index (χ0v) is 16.7. The molecule has 1 aromatic heterocycles. The molecule has 1 N–H and O–H groups in total. The molecule has 1 aromatic carbocycles. The Morgan fingerprint density at radius 1 is 1.34 bits per heavy atom. The predicted molar refractivity (Wildman–Crippen MR) is 105 cm³/mol. The van der Waals surface area contributed by atoms with Crippen molar-refractivity contribution >= 4 is 17.7 Å². The molecule has 1 atom stereocenters. The molecule has 1 aliphatic rings. The molecule has 0 radical (unpaired) electrons. The van der Waals surface area contributed by atoms with Crippen molar-refractivity contribution in [1.82, 2.24) is 15.3 Å². The van der Waals surface area contributed by atoms with Gasteiger partial charge in [0.25, 0.3) is 5.91 Å². The molecule has 1 saturated carbocycles. The number of nitrogens with zero attached hydrogens (tertiary/aromatic N) is 2. The summed E-state index contributed by atoms with van der Waals surface area (Å²) in [5.74, 6) is -4.50. The van der Waals surface area contributed by atoms with Gasteiger partial charge in [0.2, 0.25) is 11.7 Å². The molecule has 1 heterocycles. The van der Waals surface area contributed by atoms with E-state index < -0.39 is 28.9 Å². The van der Waals surface area contributed by atoms with E-state index >= 15 is 0 Å². The Labute approximate surface area is 170 Å². The van der Waals surface area contributed by atoms with Crippen molar-refractivity contribution in [2.24, 2.45) is 5.92 Å². The van der Waals surface area contributed by atoms with Crippen molar-refractivity contribution < 1.29 is 22.7 Å². The highest BCUT2D eigenvalue weighted by Gasteiger charge is 2.34. The average Bonchev–Trinajstić information content (AvgIpc) is 3.52. The Hall–Kier alpha value is -2.55. The number of amides is 1. The van der Waals surface area contributed by atoms with E-state index in [0.717, 1.165) is 30.8 Å². The van der Waals surface area contributed by atoms with Crippen molar-refractivity contribution in [2.45, 2.75) is 31.7 Å². The largest absolute Gasteiger partial charge is 0.438 e. The highest BCUT2D eigenvalue weighted by atomic mass is 32.2. The third-order valence-corrected chi connectivity index (χ3v) is 4.81. The first-order chi connectivity index (χ1) is 13.8. The molecule has 0 aliphatic heterocycles. The molecule has 1 fully saturated rings. The summed E-state index contributed by atoms with van der Waals surface area (Å²) in [5, 5.41) is 2.33. The van der Waals surface area contributed by atoms with Gasteiger partial charge in [-0.1, -0.05) is 30.0 Å². The SMILES string of the molecule is CS/C(F)=C/C(NC(=O)c1cnc(C(C)(F)F)nc1Oc1ccccc1)C1CC1. The van der Waals surface area contributed by atoms with Crippen LogP contribution in [0.1, 0.15) is 35.9 Å². The monoisotopic (exact) mass is 423 g/mol. The fourth-order valence-electron chi connectivity index (χ4n) is 2.60. The van der Waals surface area contributed by atoms with Crippen LogP contribution in [0.3, 0.4) is 0 Å². The number of rotatable bonds is 8. The van der Waals surface area contributed by atoms with Crippen LogP contribution in [0.25, 0.3) is 0 Å². The fourth-order valence-corrected chi connectivity index (χ4v) is 2.88. The van der Waals surface area contributed by atoms with Crippen LogP contribution in [0.2, 0.25) is 0 Å². The van der Waals surface area contributed by atoms with E-state index in [4.69, 9.17) is 4.74 Å². The molecule has 154 valence electrons. The van der Waals surface area contributed by atoms with Gasteiger partial charge in [0.05, 0.1) is 6.04 Å². The summed E-state index contributed by atoms with van der Waals surface area (Å²) in [6.45, 7) is 0.660. The number of aromatic nitrogens is 2. The number of ether oxygens (including phenoxy) is 1. The number of carbonyl (C=O) groups is 1. The lowest BCUT2D eigenvalue weighted by Crippen LogP contribution is -2.35. The van der Waals surface area contributed by atoms with Gasteiger partial charge in [0.15, 0.2) is 5.16 Å². The van der Waals surface area contributed by atoms with Gasteiger partial charge in [-0.25, -0.2) is 4.98 Å². The van der Waals surface area contributed by atoms with E-state index in [0.29, 0.717) is 12.7 Å². The Balaban J connectivity index is 1.91. The van der Waals surface area contributed by atoms with Crippen LogP contribution in [0.4, 0.5) is 13.2 Å². The summed E-state index contributed by atoms with van der Waals surface area (Å²) >= 11 is 0.941. The molecule has 5 nitrogen and oxygen atoms in total. The van der Waals surface area contributed by atoms with E-state index in [9.17, 15) is 18.0 Å². The van der Waals surface area contributed by atoms with Gasteiger partial charge in [-0.15, -0.1) is 0 Å². The van der Waals surface area contributed by atoms with Crippen molar-refractivity contribution in [2.75, 3.05) is 6.26 Å². The van der Waals surface area contributed by atoms with Gasteiger partial charge in [-0.05, 0) is 43.2 Å². The third kappa shape index (κ3) is 5.72. The molecule has 0 bridgehead atoms.